The largest absolute Gasteiger partial charge is 0.287 e. The monoisotopic (exact) mass is 306 g/mol. The van der Waals surface area contributed by atoms with E-state index in [4.69, 9.17) is 11.6 Å². The normalized spacial score (nSPS) is 10.4. The molecule has 72 valence electrons. The number of ketones is 1. The van der Waals surface area contributed by atoms with Gasteiger partial charge in [-0.15, -0.1) is 22.7 Å². The zero-order valence-electron chi connectivity index (χ0n) is 6.79. The van der Waals surface area contributed by atoms with Crippen molar-refractivity contribution in [2.45, 2.75) is 0 Å². The van der Waals surface area contributed by atoms with Gasteiger partial charge >= 0.3 is 0 Å². The number of halogens is 2. The molecule has 2 aromatic rings. The van der Waals surface area contributed by atoms with E-state index in [2.05, 4.69) is 15.9 Å². The summed E-state index contributed by atoms with van der Waals surface area (Å²) in [5.74, 6) is 0.000648. The fourth-order valence-corrected chi connectivity index (χ4v) is 3.50. The lowest BCUT2D eigenvalue weighted by Gasteiger charge is -1.93. The molecule has 0 aromatic carbocycles. The van der Waals surface area contributed by atoms with Gasteiger partial charge in [0.2, 0.25) is 5.78 Å². The van der Waals surface area contributed by atoms with E-state index in [9.17, 15) is 4.79 Å². The summed E-state index contributed by atoms with van der Waals surface area (Å²) in [6.45, 7) is 0. The van der Waals surface area contributed by atoms with E-state index in [0.29, 0.717) is 14.8 Å². The molecule has 0 spiro atoms. The van der Waals surface area contributed by atoms with Crippen LogP contribution in [0.2, 0.25) is 5.02 Å². The standard InChI is InChI=1S/C9H4BrClOS2/c10-7-2-1-6(14-7)8(12)9-5(11)3-4-13-9/h1-4H. The van der Waals surface area contributed by atoms with Crippen LogP contribution in [0.25, 0.3) is 0 Å². The molecule has 2 aromatic heterocycles. The molecule has 0 saturated carbocycles. The average Bonchev–Trinajstić information content (AvgIpc) is 2.73. The maximum atomic E-state index is 11.9. The zero-order chi connectivity index (χ0) is 10.1. The molecule has 0 amide bonds. The van der Waals surface area contributed by atoms with Gasteiger partial charge in [-0.2, -0.15) is 0 Å². The van der Waals surface area contributed by atoms with Gasteiger partial charge in [0.1, 0.15) is 0 Å². The molecule has 0 aliphatic heterocycles. The first kappa shape index (κ1) is 10.4. The van der Waals surface area contributed by atoms with Crippen molar-refractivity contribution in [3.05, 3.63) is 42.1 Å². The molecular weight excluding hydrogens is 304 g/mol. The molecule has 0 aliphatic carbocycles. The fraction of sp³-hybridized carbons (Fsp3) is 0. The van der Waals surface area contributed by atoms with Crippen LogP contribution in [-0.4, -0.2) is 5.78 Å². The Balaban J connectivity index is 2.38. The maximum absolute atomic E-state index is 11.9. The Morgan fingerprint density at radius 3 is 2.64 bits per heavy atom. The second kappa shape index (κ2) is 4.14. The minimum atomic E-state index is 0.000648. The Kier molecular flexibility index (Phi) is 3.07. The average molecular weight is 308 g/mol. The highest BCUT2D eigenvalue weighted by atomic mass is 79.9. The lowest BCUT2D eigenvalue weighted by atomic mass is 10.3. The topological polar surface area (TPSA) is 17.1 Å². The highest BCUT2D eigenvalue weighted by molar-refractivity contribution is 9.11. The van der Waals surface area contributed by atoms with E-state index >= 15 is 0 Å². The molecule has 0 radical (unpaired) electrons. The second-order valence-corrected chi connectivity index (χ2v) is 6.32. The fourth-order valence-electron chi connectivity index (χ4n) is 1.00. The molecule has 0 bridgehead atoms. The SMILES string of the molecule is O=C(c1ccc(Br)s1)c1sccc1Cl. The summed E-state index contributed by atoms with van der Waals surface area (Å²) in [5, 5.41) is 2.35. The van der Waals surface area contributed by atoms with Gasteiger partial charge in [-0.05, 0) is 39.5 Å². The number of hydrogen-bond donors (Lipinski definition) is 0. The zero-order valence-corrected chi connectivity index (χ0v) is 10.8. The van der Waals surface area contributed by atoms with E-state index < -0.39 is 0 Å². The molecular formula is C9H4BrClOS2. The molecule has 2 heterocycles. The van der Waals surface area contributed by atoms with E-state index in [1.165, 1.54) is 22.7 Å². The second-order valence-electron chi connectivity index (χ2n) is 2.53. The first-order valence-electron chi connectivity index (χ1n) is 3.71. The smallest absolute Gasteiger partial charge is 0.214 e. The number of carbonyl (C=O) groups is 1. The molecule has 0 unspecified atom stereocenters. The van der Waals surface area contributed by atoms with Crippen molar-refractivity contribution in [2.75, 3.05) is 0 Å². The van der Waals surface area contributed by atoms with Crippen molar-refractivity contribution < 1.29 is 4.79 Å². The molecule has 0 N–H and O–H groups in total. The molecule has 5 heteroatoms. The Morgan fingerprint density at radius 1 is 1.36 bits per heavy atom. The summed E-state index contributed by atoms with van der Waals surface area (Å²) >= 11 is 12.0. The Bertz CT molecular complexity index is 475. The summed E-state index contributed by atoms with van der Waals surface area (Å²) in [7, 11) is 0. The van der Waals surface area contributed by atoms with Gasteiger partial charge in [0.15, 0.2) is 0 Å². The Morgan fingerprint density at radius 2 is 2.14 bits per heavy atom. The lowest BCUT2D eigenvalue weighted by molar-refractivity contribution is 0.104. The summed E-state index contributed by atoms with van der Waals surface area (Å²) < 4.78 is 0.952. The van der Waals surface area contributed by atoms with Crippen LogP contribution < -0.4 is 0 Å². The molecule has 1 nitrogen and oxygen atoms in total. The van der Waals surface area contributed by atoms with Crippen LogP contribution in [-0.2, 0) is 0 Å². The van der Waals surface area contributed by atoms with Crippen LogP contribution in [0.5, 0.6) is 0 Å². The third-order valence-electron chi connectivity index (χ3n) is 1.62. The van der Waals surface area contributed by atoms with Crippen molar-refractivity contribution in [3.8, 4) is 0 Å². The van der Waals surface area contributed by atoms with Gasteiger partial charge in [0.25, 0.3) is 0 Å². The highest BCUT2D eigenvalue weighted by Gasteiger charge is 2.15. The van der Waals surface area contributed by atoms with Crippen LogP contribution in [0.4, 0.5) is 0 Å². The minimum Gasteiger partial charge on any atom is -0.287 e. The minimum absolute atomic E-state index is 0.000648. The van der Waals surface area contributed by atoms with Crippen molar-refractivity contribution in [1.82, 2.24) is 0 Å². The van der Waals surface area contributed by atoms with Crippen LogP contribution in [0.15, 0.2) is 27.4 Å². The van der Waals surface area contributed by atoms with E-state index in [-0.39, 0.29) is 5.78 Å². The third kappa shape index (κ3) is 1.93. The number of carbonyl (C=O) groups excluding carboxylic acids is 1. The van der Waals surface area contributed by atoms with E-state index in [1.54, 1.807) is 12.1 Å². The highest BCUT2D eigenvalue weighted by Crippen LogP contribution is 2.29. The summed E-state index contributed by atoms with van der Waals surface area (Å²) in [6.07, 6.45) is 0. The van der Waals surface area contributed by atoms with Gasteiger partial charge in [-0.1, -0.05) is 11.6 Å². The number of rotatable bonds is 2. The summed E-state index contributed by atoms with van der Waals surface area (Å²) in [6, 6.07) is 5.40. The van der Waals surface area contributed by atoms with Gasteiger partial charge < -0.3 is 0 Å². The molecule has 0 aliphatic rings. The molecule has 0 atom stereocenters. The van der Waals surface area contributed by atoms with Crippen LogP contribution in [0.1, 0.15) is 14.5 Å². The van der Waals surface area contributed by atoms with Crippen LogP contribution in [0, 0.1) is 0 Å². The molecule has 0 saturated heterocycles. The van der Waals surface area contributed by atoms with Crippen LogP contribution in [0.3, 0.4) is 0 Å². The lowest BCUT2D eigenvalue weighted by Crippen LogP contribution is -1.94. The van der Waals surface area contributed by atoms with E-state index in [0.717, 1.165) is 3.79 Å². The van der Waals surface area contributed by atoms with Crippen molar-refractivity contribution in [2.24, 2.45) is 0 Å². The van der Waals surface area contributed by atoms with Gasteiger partial charge in [-0.3, -0.25) is 4.79 Å². The quantitative estimate of drug-likeness (QED) is 0.749. The maximum Gasteiger partial charge on any atom is 0.214 e. The summed E-state index contributed by atoms with van der Waals surface area (Å²) in [4.78, 5) is 13.2. The predicted molar refractivity (Wildman–Crippen MR) is 64.8 cm³/mol. The van der Waals surface area contributed by atoms with E-state index in [1.807, 2.05) is 11.4 Å². The molecule has 0 fully saturated rings. The van der Waals surface area contributed by atoms with Crippen LogP contribution >= 0.6 is 50.2 Å². The van der Waals surface area contributed by atoms with Crippen molar-refractivity contribution >= 4 is 56.0 Å². The first-order valence-corrected chi connectivity index (χ1v) is 6.58. The predicted octanol–water partition coefficient (Wildman–Crippen LogP) is 4.46. The first-order chi connectivity index (χ1) is 6.68. The number of thiophene rings is 2. The van der Waals surface area contributed by atoms with Crippen molar-refractivity contribution in [3.63, 3.8) is 0 Å². The van der Waals surface area contributed by atoms with Crippen molar-refractivity contribution in [1.29, 1.82) is 0 Å². The van der Waals surface area contributed by atoms with Gasteiger partial charge in [0, 0.05) is 0 Å². The van der Waals surface area contributed by atoms with Gasteiger partial charge in [0.05, 0.1) is 18.6 Å². The van der Waals surface area contributed by atoms with Gasteiger partial charge in [-0.25, -0.2) is 0 Å². The third-order valence-corrected chi connectivity index (χ3v) is 4.58. The Labute approximate surface area is 102 Å². The molecule has 2 rings (SSSR count). The number of hydrogen-bond acceptors (Lipinski definition) is 3. The Hall–Kier alpha value is -0.160. The summed E-state index contributed by atoms with van der Waals surface area (Å²) in [5.41, 5.74) is 0. The molecule has 14 heavy (non-hydrogen) atoms.